The summed E-state index contributed by atoms with van der Waals surface area (Å²) in [4.78, 5) is 0. The standard InChI is InChI=1S/C15H24/c1-10-6-5-7-11-8-9-12-13(14(12,2)3)15(10,11)4/h7,10,12-13H,5-6,8-9H2,1-4H3/t10-,12?,13+,15+/m1/s1. The lowest BCUT2D eigenvalue weighted by atomic mass is 9.60. The van der Waals surface area contributed by atoms with Gasteiger partial charge >= 0.3 is 0 Å². The highest BCUT2D eigenvalue weighted by atomic mass is 14.7. The van der Waals surface area contributed by atoms with E-state index in [1.54, 1.807) is 0 Å². The molecule has 2 saturated carbocycles. The molecule has 0 bridgehead atoms. The molecule has 84 valence electrons. The molecule has 0 N–H and O–H groups in total. The second-order valence-corrected chi connectivity index (χ2v) is 6.93. The van der Waals surface area contributed by atoms with Crippen molar-refractivity contribution in [1.29, 1.82) is 0 Å². The summed E-state index contributed by atoms with van der Waals surface area (Å²) in [5, 5.41) is 0. The van der Waals surface area contributed by atoms with E-state index in [1.165, 1.54) is 25.7 Å². The summed E-state index contributed by atoms with van der Waals surface area (Å²) in [6.45, 7) is 10.0. The Morgan fingerprint density at radius 1 is 1.20 bits per heavy atom. The summed E-state index contributed by atoms with van der Waals surface area (Å²) in [5.41, 5.74) is 3.01. The third-order valence-electron chi connectivity index (χ3n) is 6.13. The summed E-state index contributed by atoms with van der Waals surface area (Å²) in [7, 11) is 0. The first-order valence-electron chi connectivity index (χ1n) is 6.68. The normalized spacial score (nSPS) is 51.5. The number of hydrogen-bond donors (Lipinski definition) is 0. The van der Waals surface area contributed by atoms with Gasteiger partial charge in [-0.1, -0.05) is 39.3 Å². The molecule has 0 amide bonds. The van der Waals surface area contributed by atoms with Gasteiger partial charge in [-0.05, 0) is 54.3 Å². The molecule has 1 unspecified atom stereocenters. The Morgan fingerprint density at radius 2 is 1.93 bits per heavy atom. The van der Waals surface area contributed by atoms with Gasteiger partial charge < -0.3 is 0 Å². The second-order valence-electron chi connectivity index (χ2n) is 6.93. The minimum absolute atomic E-state index is 0.560. The van der Waals surface area contributed by atoms with Gasteiger partial charge in [-0.3, -0.25) is 0 Å². The molecule has 0 radical (unpaired) electrons. The van der Waals surface area contributed by atoms with Crippen LogP contribution in [-0.2, 0) is 0 Å². The van der Waals surface area contributed by atoms with Crippen molar-refractivity contribution in [1.82, 2.24) is 0 Å². The molecule has 0 aromatic heterocycles. The van der Waals surface area contributed by atoms with Crippen LogP contribution in [0.2, 0.25) is 0 Å². The van der Waals surface area contributed by atoms with Gasteiger partial charge in [0.25, 0.3) is 0 Å². The number of fused-ring (bicyclic) bond motifs is 3. The lowest BCUT2D eigenvalue weighted by Crippen LogP contribution is -2.36. The molecule has 3 aliphatic rings. The third-order valence-corrected chi connectivity index (χ3v) is 6.13. The largest absolute Gasteiger partial charge is 0.0847 e. The zero-order valence-corrected chi connectivity index (χ0v) is 10.6. The van der Waals surface area contributed by atoms with Crippen LogP contribution < -0.4 is 0 Å². The molecule has 0 nitrogen and oxygen atoms in total. The second kappa shape index (κ2) is 2.70. The summed E-state index contributed by atoms with van der Waals surface area (Å²) < 4.78 is 0. The fourth-order valence-electron chi connectivity index (χ4n) is 5.01. The molecule has 0 aromatic carbocycles. The van der Waals surface area contributed by atoms with Gasteiger partial charge in [0.15, 0.2) is 0 Å². The highest BCUT2D eigenvalue weighted by Crippen LogP contribution is 2.74. The highest BCUT2D eigenvalue weighted by molar-refractivity contribution is 5.31. The minimum Gasteiger partial charge on any atom is -0.0847 e. The molecule has 0 heterocycles. The Kier molecular flexibility index (Phi) is 1.79. The number of hydrogen-bond acceptors (Lipinski definition) is 0. The molecule has 2 fully saturated rings. The van der Waals surface area contributed by atoms with Crippen LogP contribution in [0.5, 0.6) is 0 Å². The Morgan fingerprint density at radius 3 is 2.67 bits per heavy atom. The summed E-state index contributed by atoms with van der Waals surface area (Å²) >= 11 is 0. The number of rotatable bonds is 0. The maximum Gasteiger partial charge on any atom is -0.00544 e. The molecular weight excluding hydrogens is 180 g/mol. The fraction of sp³-hybridized carbons (Fsp3) is 0.867. The predicted molar refractivity (Wildman–Crippen MR) is 64.6 cm³/mol. The first-order chi connectivity index (χ1) is 6.99. The zero-order chi connectivity index (χ0) is 10.8. The predicted octanol–water partition coefficient (Wildman–Crippen LogP) is 4.42. The Bertz CT molecular complexity index is 323. The van der Waals surface area contributed by atoms with Crippen molar-refractivity contribution < 1.29 is 0 Å². The van der Waals surface area contributed by atoms with E-state index in [2.05, 4.69) is 33.8 Å². The lowest BCUT2D eigenvalue weighted by molar-refractivity contribution is 0.147. The fourth-order valence-corrected chi connectivity index (χ4v) is 5.01. The van der Waals surface area contributed by atoms with Gasteiger partial charge in [0.2, 0.25) is 0 Å². The van der Waals surface area contributed by atoms with Crippen LogP contribution in [0.15, 0.2) is 11.6 Å². The van der Waals surface area contributed by atoms with Crippen molar-refractivity contribution in [3.05, 3.63) is 11.6 Å². The molecule has 3 aliphatic carbocycles. The van der Waals surface area contributed by atoms with Crippen molar-refractivity contribution in [2.75, 3.05) is 0 Å². The smallest absolute Gasteiger partial charge is 0.00544 e. The molecule has 15 heavy (non-hydrogen) atoms. The molecule has 3 rings (SSSR count). The van der Waals surface area contributed by atoms with Gasteiger partial charge in [0, 0.05) is 0 Å². The summed E-state index contributed by atoms with van der Waals surface area (Å²) in [6.07, 6.45) is 8.19. The van der Waals surface area contributed by atoms with Gasteiger partial charge in [0.1, 0.15) is 0 Å². The Labute approximate surface area is 94.1 Å². The van der Waals surface area contributed by atoms with Crippen molar-refractivity contribution >= 4 is 0 Å². The quantitative estimate of drug-likeness (QED) is 0.513. The van der Waals surface area contributed by atoms with Gasteiger partial charge in [-0.2, -0.15) is 0 Å². The van der Waals surface area contributed by atoms with Crippen molar-refractivity contribution in [3.8, 4) is 0 Å². The Hall–Kier alpha value is -0.260. The first-order valence-corrected chi connectivity index (χ1v) is 6.68. The van der Waals surface area contributed by atoms with Gasteiger partial charge in [-0.15, -0.1) is 0 Å². The summed E-state index contributed by atoms with van der Waals surface area (Å²) in [6, 6.07) is 0. The molecule has 0 spiro atoms. The maximum atomic E-state index is 2.57. The molecule has 0 aromatic rings. The van der Waals surface area contributed by atoms with Crippen molar-refractivity contribution in [2.45, 2.75) is 53.4 Å². The van der Waals surface area contributed by atoms with Gasteiger partial charge in [-0.25, -0.2) is 0 Å². The average molecular weight is 204 g/mol. The molecule has 0 heteroatoms. The van der Waals surface area contributed by atoms with Crippen LogP contribution >= 0.6 is 0 Å². The van der Waals surface area contributed by atoms with Crippen LogP contribution in [0.25, 0.3) is 0 Å². The maximum absolute atomic E-state index is 2.57. The zero-order valence-electron chi connectivity index (χ0n) is 10.6. The molecular formula is C15H24. The van der Waals surface area contributed by atoms with Crippen LogP contribution in [0.4, 0.5) is 0 Å². The van der Waals surface area contributed by atoms with E-state index in [1.807, 2.05) is 5.57 Å². The third kappa shape index (κ3) is 1.04. The summed E-state index contributed by atoms with van der Waals surface area (Å²) in [5.74, 6) is 2.92. The molecule has 0 saturated heterocycles. The SMILES string of the molecule is C[C@@H]1CCC=C2CCC3[C@@H](C3(C)C)[C@]21C. The monoisotopic (exact) mass is 204 g/mol. The van der Waals surface area contributed by atoms with E-state index in [9.17, 15) is 0 Å². The van der Waals surface area contributed by atoms with Crippen molar-refractivity contribution in [2.24, 2.45) is 28.6 Å². The lowest BCUT2D eigenvalue weighted by Gasteiger charge is -2.45. The minimum atomic E-state index is 0.560. The van der Waals surface area contributed by atoms with E-state index >= 15 is 0 Å². The van der Waals surface area contributed by atoms with Crippen LogP contribution in [0.1, 0.15) is 53.4 Å². The number of allylic oxidation sites excluding steroid dienone is 2. The van der Waals surface area contributed by atoms with E-state index in [0.717, 1.165) is 17.8 Å². The topological polar surface area (TPSA) is 0 Å². The first kappa shape index (κ1) is 9.93. The van der Waals surface area contributed by atoms with Crippen LogP contribution in [0.3, 0.4) is 0 Å². The van der Waals surface area contributed by atoms with E-state index < -0.39 is 0 Å². The average Bonchev–Trinajstić information content (AvgIpc) is 2.73. The van der Waals surface area contributed by atoms with Crippen molar-refractivity contribution in [3.63, 3.8) is 0 Å². The highest BCUT2D eigenvalue weighted by Gasteiger charge is 2.68. The van der Waals surface area contributed by atoms with E-state index in [-0.39, 0.29) is 0 Å². The molecule has 4 atom stereocenters. The Balaban J connectivity index is 2.03. The van der Waals surface area contributed by atoms with Crippen LogP contribution in [0, 0.1) is 28.6 Å². The van der Waals surface area contributed by atoms with Crippen LogP contribution in [-0.4, -0.2) is 0 Å². The van der Waals surface area contributed by atoms with Gasteiger partial charge in [0.05, 0.1) is 0 Å². The van der Waals surface area contributed by atoms with E-state index in [0.29, 0.717) is 10.8 Å². The molecule has 0 aliphatic heterocycles. The van der Waals surface area contributed by atoms with E-state index in [4.69, 9.17) is 0 Å².